The summed E-state index contributed by atoms with van der Waals surface area (Å²) >= 11 is 8.24. The molecule has 4 aliphatic rings. The van der Waals surface area contributed by atoms with E-state index in [0.29, 0.717) is 11.8 Å². The molecule has 2 aromatic carbocycles. The van der Waals surface area contributed by atoms with Crippen LogP contribution in [0, 0.1) is 24.7 Å². The summed E-state index contributed by atoms with van der Waals surface area (Å²) < 4.78 is 1.20. The van der Waals surface area contributed by atoms with Crippen LogP contribution in [0.5, 0.6) is 0 Å². The lowest BCUT2D eigenvalue weighted by atomic mass is 9.79. The van der Waals surface area contributed by atoms with Crippen LogP contribution >= 0.6 is 24.0 Å². The van der Waals surface area contributed by atoms with E-state index in [9.17, 15) is 0 Å². The minimum Gasteiger partial charge on any atom is -0.312 e. The van der Waals surface area contributed by atoms with Crippen molar-refractivity contribution in [2.75, 3.05) is 13.1 Å². The molecule has 2 aromatic rings. The van der Waals surface area contributed by atoms with Gasteiger partial charge in [-0.3, -0.25) is 0 Å². The molecular formula is C57H83NS2. The highest BCUT2D eigenvalue weighted by Crippen LogP contribution is 2.55. The Kier molecular flexibility index (Phi) is 25.8. The molecule has 3 heteroatoms. The van der Waals surface area contributed by atoms with Crippen molar-refractivity contribution in [2.24, 2.45) is 11.8 Å². The fraction of sp³-hybridized carbons (Fsp3) is 0.526. The fourth-order valence-corrected chi connectivity index (χ4v) is 11.1. The molecular weight excluding hydrogens is 763 g/mol. The van der Waals surface area contributed by atoms with Gasteiger partial charge in [-0.25, -0.2) is 0 Å². The van der Waals surface area contributed by atoms with E-state index in [0.717, 1.165) is 35.2 Å². The van der Waals surface area contributed by atoms with Gasteiger partial charge in [-0.15, -0.1) is 31.2 Å². The molecule has 4 aliphatic carbocycles. The number of hydrogen-bond acceptors (Lipinski definition) is 3. The lowest BCUT2D eigenvalue weighted by Gasteiger charge is -2.29. The first-order chi connectivity index (χ1) is 29.1. The average Bonchev–Trinajstić information content (AvgIpc) is 3.88. The van der Waals surface area contributed by atoms with Gasteiger partial charge in [0.1, 0.15) is 0 Å². The predicted molar refractivity (Wildman–Crippen MR) is 278 cm³/mol. The quantitative estimate of drug-likeness (QED) is 0.0709. The van der Waals surface area contributed by atoms with E-state index in [-0.39, 0.29) is 4.75 Å². The zero-order valence-electron chi connectivity index (χ0n) is 39.6. The van der Waals surface area contributed by atoms with Gasteiger partial charge in [0.05, 0.1) is 4.20 Å². The minimum absolute atomic E-state index is 0.154. The maximum absolute atomic E-state index is 6.29. The topological polar surface area (TPSA) is 12.0 Å². The van der Waals surface area contributed by atoms with Gasteiger partial charge in [-0.05, 0) is 122 Å². The highest BCUT2D eigenvalue weighted by Gasteiger charge is 2.38. The molecule has 1 nitrogen and oxygen atoms in total. The smallest absolute Gasteiger partial charge is 0.0784 e. The van der Waals surface area contributed by atoms with Crippen molar-refractivity contribution in [3.63, 3.8) is 0 Å². The Balaban J connectivity index is 0.000000835. The van der Waals surface area contributed by atoms with Gasteiger partial charge in [-0.1, -0.05) is 196 Å². The number of thiocarbonyl (C=S) groups is 1. The number of fused-ring (bicyclic) bond motifs is 1. The Hall–Kier alpha value is -3.16. The van der Waals surface area contributed by atoms with Gasteiger partial charge in [-0.2, -0.15) is 0 Å². The molecule has 1 unspecified atom stereocenters. The van der Waals surface area contributed by atoms with Crippen LogP contribution in [-0.4, -0.2) is 22.0 Å². The lowest BCUT2D eigenvalue weighted by Crippen LogP contribution is -2.36. The number of hydrogen-bond donors (Lipinski definition) is 1. The normalized spacial score (nSPS) is 19.0. The van der Waals surface area contributed by atoms with Crippen LogP contribution in [-0.2, 0) is 0 Å². The number of thioether (sulfide) groups is 1. The molecule has 0 spiro atoms. The van der Waals surface area contributed by atoms with Crippen molar-refractivity contribution in [3.05, 3.63) is 131 Å². The Morgan fingerprint density at radius 1 is 0.833 bits per heavy atom. The standard InChI is InChI=1S/C44H55NS2.C7H14.2C2H6.C2H2/c1-7-34(28-33(6)32(4)5)17-16-26-45-30-44(24-14-15-25-44)47-43(46)37-22-23-38-39(29-37)40(27-31(2)3)42(36-20-12-9-13-21-36)41(38)35-18-10-8-11-19-35;1-7-5-3-2-4-6-7;3*1-2/h7,9,12-13,16-17,20-23,28-29,35,40,45H,2,4,8,10-11,14-15,18-19,24-27,30H2,1,3,5-6H3;7H,2-6H2,1H3;2*1-2H3;1-2H/b17-16-,33-28+,34-7+;;;;. The van der Waals surface area contributed by atoms with Crippen LogP contribution in [0.1, 0.15) is 187 Å². The molecule has 6 rings (SSSR count). The lowest BCUT2D eigenvalue weighted by molar-refractivity contribution is 0.385. The molecule has 0 aromatic heterocycles. The maximum atomic E-state index is 6.29. The third-order valence-electron chi connectivity index (χ3n) is 12.4. The summed E-state index contributed by atoms with van der Waals surface area (Å²) in [6.45, 7) is 29.1. The van der Waals surface area contributed by atoms with E-state index in [4.69, 9.17) is 12.2 Å². The van der Waals surface area contributed by atoms with Crippen molar-refractivity contribution < 1.29 is 0 Å². The predicted octanol–water partition coefficient (Wildman–Crippen LogP) is 17.5. The van der Waals surface area contributed by atoms with Gasteiger partial charge < -0.3 is 5.32 Å². The molecule has 328 valence electrons. The van der Waals surface area contributed by atoms with E-state index in [1.807, 2.05) is 39.5 Å². The van der Waals surface area contributed by atoms with Crippen LogP contribution in [0.15, 0.2) is 108 Å². The first kappa shape index (κ1) is 53.0. The number of rotatable bonds is 13. The largest absolute Gasteiger partial charge is 0.312 e. The van der Waals surface area contributed by atoms with Crippen molar-refractivity contribution in [1.29, 1.82) is 0 Å². The van der Waals surface area contributed by atoms with Crippen LogP contribution in [0.4, 0.5) is 0 Å². The van der Waals surface area contributed by atoms with Gasteiger partial charge in [0.2, 0.25) is 0 Å². The van der Waals surface area contributed by atoms with Crippen molar-refractivity contribution in [3.8, 4) is 12.8 Å². The summed E-state index contributed by atoms with van der Waals surface area (Å²) in [5.41, 5.74) is 13.5. The number of nitrogens with one attached hydrogen (secondary N) is 1. The van der Waals surface area contributed by atoms with Crippen molar-refractivity contribution in [1.82, 2.24) is 5.32 Å². The van der Waals surface area contributed by atoms with E-state index < -0.39 is 0 Å². The maximum Gasteiger partial charge on any atom is 0.0784 e. The Morgan fingerprint density at radius 2 is 1.43 bits per heavy atom. The molecule has 0 amide bonds. The zero-order valence-corrected chi connectivity index (χ0v) is 41.2. The van der Waals surface area contributed by atoms with Crippen molar-refractivity contribution in [2.45, 2.75) is 169 Å². The van der Waals surface area contributed by atoms with E-state index in [2.05, 4.69) is 139 Å². The Labute approximate surface area is 380 Å². The van der Waals surface area contributed by atoms with Gasteiger partial charge in [0, 0.05) is 23.8 Å². The van der Waals surface area contributed by atoms with Crippen LogP contribution in [0.2, 0.25) is 0 Å². The highest BCUT2D eigenvalue weighted by atomic mass is 32.2. The second kappa shape index (κ2) is 29.2. The van der Waals surface area contributed by atoms with Crippen LogP contribution < -0.4 is 5.32 Å². The fourth-order valence-electron chi connectivity index (χ4n) is 9.15. The van der Waals surface area contributed by atoms with E-state index >= 15 is 0 Å². The zero-order chi connectivity index (χ0) is 44.5. The molecule has 3 fully saturated rings. The third-order valence-corrected chi connectivity index (χ3v) is 14.3. The molecule has 3 saturated carbocycles. The van der Waals surface area contributed by atoms with Gasteiger partial charge in [0.15, 0.2) is 0 Å². The van der Waals surface area contributed by atoms with E-state index in [1.54, 1.807) is 11.1 Å². The molecule has 0 saturated heterocycles. The number of terminal acetylenes is 1. The monoisotopic (exact) mass is 846 g/mol. The Bertz CT molecular complexity index is 1750. The molecule has 0 radical (unpaired) electrons. The second-order valence-corrected chi connectivity index (χ2v) is 19.1. The Morgan fingerprint density at radius 3 is 1.97 bits per heavy atom. The first-order valence-electron chi connectivity index (χ1n) is 23.6. The molecule has 0 bridgehead atoms. The van der Waals surface area contributed by atoms with E-state index in [1.165, 1.54) is 129 Å². The summed E-state index contributed by atoms with van der Waals surface area (Å²) in [7, 11) is 0. The summed E-state index contributed by atoms with van der Waals surface area (Å²) in [6, 6.07) is 18.4. The van der Waals surface area contributed by atoms with Crippen LogP contribution in [0.3, 0.4) is 0 Å². The summed E-state index contributed by atoms with van der Waals surface area (Å²) in [6.07, 6.45) is 36.9. The number of allylic oxidation sites excluding steroid dienone is 9. The van der Waals surface area contributed by atoms with Crippen LogP contribution in [0.25, 0.3) is 11.1 Å². The second-order valence-electron chi connectivity index (χ2n) is 17.0. The average molecular weight is 846 g/mol. The SMILES string of the molecule is C#C.C=C(C)CC1C(c2ccccc2)=C(C2CCCCC2)c2ccc(C(=S)SC3(CNC\C=C/C(=C\C)/C=C(\C)C(=C)C)CCCC3)cc21.CC.CC.CC1CCCCC1. The van der Waals surface area contributed by atoms with Gasteiger partial charge in [0.25, 0.3) is 0 Å². The summed E-state index contributed by atoms with van der Waals surface area (Å²) in [5, 5.41) is 3.77. The van der Waals surface area contributed by atoms with Crippen molar-refractivity contribution >= 4 is 39.3 Å². The highest BCUT2D eigenvalue weighted by molar-refractivity contribution is 8.24. The molecule has 0 heterocycles. The third kappa shape index (κ3) is 16.3. The first-order valence-corrected chi connectivity index (χ1v) is 24.9. The molecule has 1 N–H and O–H groups in total. The van der Waals surface area contributed by atoms with Gasteiger partial charge >= 0.3 is 0 Å². The summed E-state index contributed by atoms with van der Waals surface area (Å²) in [5.74, 6) is 2.00. The molecule has 1 atom stereocenters. The summed E-state index contributed by atoms with van der Waals surface area (Å²) in [4.78, 5) is 0. The molecule has 60 heavy (non-hydrogen) atoms. The molecule has 0 aliphatic heterocycles. The number of benzene rings is 2. The minimum atomic E-state index is 0.154.